The molecule has 1 amide bonds. The number of sulfonamides is 1. The SMILES string of the molecule is O=C(CCNS(=O)(=O)c1ccc2ccccc2c1)Nc1nnc(-c2ccccn2)s1. The Balaban J connectivity index is 1.33. The number of nitrogens with one attached hydrogen (secondary N) is 2. The number of fused-ring (bicyclic) bond motifs is 1. The van der Waals surface area contributed by atoms with Gasteiger partial charge in [-0.1, -0.05) is 47.7 Å². The third kappa shape index (κ3) is 4.67. The summed E-state index contributed by atoms with van der Waals surface area (Å²) < 4.78 is 27.5. The molecule has 10 heteroatoms. The summed E-state index contributed by atoms with van der Waals surface area (Å²) in [6.45, 7) is -0.0348. The molecule has 0 aliphatic carbocycles. The predicted octanol–water partition coefficient (Wildman–Crippen LogP) is 3.06. The lowest BCUT2D eigenvalue weighted by molar-refractivity contribution is -0.116. The molecule has 4 rings (SSSR count). The van der Waals surface area contributed by atoms with Crippen molar-refractivity contribution >= 4 is 43.2 Å². The molecule has 0 bridgehead atoms. The minimum Gasteiger partial charge on any atom is -0.300 e. The average Bonchev–Trinajstić information content (AvgIpc) is 3.22. The minimum absolute atomic E-state index is 0.0348. The van der Waals surface area contributed by atoms with E-state index in [0.29, 0.717) is 15.8 Å². The molecule has 152 valence electrons. The van der Waals surface area contributed by atoms with Gasteiger partial charge in [-0.25, -0.2) is 13.1 Å². The van der Waals surface area contributed by atoms with Gasteiger partial charge in [-0.15, -0.1) is 10.2 Å². The van der Waals surface area contributed by atoms with E-state index in [9.17, 15) is 13.2 Å². The van der Waals surface area contributed by atoms with Crippen molar-refractivity contribution in [1.29, 1.82) is 0 Å². The summed E-state index contributed by atoms with van der Waals surface area (Å²) >= 11 is 1.20. The van der Waals surface area contributed by atoms with Crippen LogP contribution in [0.4, 0.5) is 5.13 Å². The fourth-order valence-corrected chi connectivity index (χ4v) is 4.57. The van der Waals surface area contributed by atoms with Gasteiger partial charge < -0.3 is 5.32 Å². The highest BCUT2D eigenvalue weighted by Crippen LogP contribution is 2.24. The van der Waals surface area contributed by atoms with Gasteiger partial charge in [-0.05, 0) is 35.0 Å². The summed E-state index contributed by atoms with van der Waals surface area (Å²) in [7, 11) is -3.72. The number of anilines is 1. The summed E-state index contributed by atoms with van der Waals surface area (Å²) in [4.78, 5) is 16.5. The second-order valence-electron chi connectivity index (χ2n) is 6.33. The average molecular weight is 440 g/mol. The molecular weight excluding hydrogens is 422 g/mol. The van der Waals surface area contributed by atoms with Crippen molar-refractivity contribution in [3.63, 3.8) is 0 Å². The van der Waals surface area contributed by atoms with Crippen LogP contribution in [-0.4, -0.2) is 36.1 Å². The maximum Gasteiger partial charge on any atom is 0.240 e. The molecule has 2 aromatic carbocycles. The highest BCUT2D eigenvalue weighted by Gasteiger charge is 2.15. The van der Waals surface area contributed by atoms with Crippen molar-refractivity contribution in [1.82, 2.24) is 19.9 Å². The third-order valence-corrected chi connectivity index (χ3v) is 6.55. The van der Waals surface area contributed by atoms with Crippen LogP contribution in [0.2, 0.25) is 0 Å². The molecule has 2 heterocycles. The predicted molar refractivity (Wildman–Crippen MR) is 116 cm³/mol. The van der Waals surface area contributed by atoms with E-state index in [1.807, 2.05) is 30.3 Å². The number of aromatic nitrogens is 3. The summed E-state index contributed by atoms with van der Waals surface area (Å²) in [5.74, 6) is -0.361. The van der Waals surface area contributed by atoms with Crippen molar-refractivity contribution in [3.8, 4) is 10.7 Å². The van der Waals surface area contributed by atoms with E-state index >= 15 is 0 Å². The van der Waals surface area contributed by atoms with Crippen LogP contribution in [0.5, 0.6) is 0 Å². The molecule has 0 aliphatic heterocycles. The second-order valence-corrected chi connectivity index (χ2v) is 9.08. The molecule has 30 heavy (non-hydrogen) atoms. The van der Waals surface area contributed by atoms with Gasteiger partial charge in [0.15, 0.2) is 5.01 Å². The highest BCUT2D eigenvalue weighted by molar-refractivity contribution is 7.89. The van der Waals surface area contributed by atoms with E-state index in [0.717, 1.165) is 10.8 Å². The number of carbonyl (C=O) groups excluding carboxylic acids is 1. The molecule has 0 saturated carbocycles. The van der Waals surface area contributed by atoms with Crippen molar-refractivity contribution < 1.29 is 13.2 Å². The molecule has 2 aromatic heterocycles. The molecule has 0 radical (unpaired) electrons. The number of nitrogens with zero attached hydrogens (tertiary/aromatic N) is 3. The summed E-state index contributed by atoms with van der Waals surface area (Å²) in [5.41, 5.74) is 0.665. The van der Waals surface area contributed by atoms with Gasteiger partial charge in [-0.3, -0.25) is 9.78 Å². The molecule has 2 N–H and O–H groups in total. The van der Waals surface area contributed by atoms with E-state index in [2.05, 4.69) is 25.2 Å². The Morgan fingerprint density at radius 1 is 0.967 bits per heavy atom. The van der Waals surface area contributed by atoms with Crippen LogP contribution >= 0.6 is 11.3 Å². The first kappa shape index (κ1) is 20.1. The first-order valence-corrected chi connectivity index (χ1v) is 11.3. The Kier molecular flexibility index (Phi) is 5.79. The van der Waals surface area contributed by atoms with Crippen LogP contribution in [0.1, 0.15) is 6.42 Å². The Labute approximate surface area is 177 Å². The molecule has 0 saturated heterocycles. The maximum absolute atomic E-state index is 12.5. The quantitative estimate of drug-likeness (QED) is 0.457. The van der Waals surface area contributed by atoms with Crippen LogP contribution in [-0.2, 0) is 14.8 Å². The molecule has 0 spiro atoms. The fraction of sp³-hybridized carbons (Fsp3) is 0.100. The molecule has 0 aliphatic rings. The Morgan fingerprint density at radius 2 is 1.77 bits per heavy atom. The molecule has 0 unspecified atom stereocenters. The lowest BCUT2D eigenvalue weighted by Gasteiger charge is -2.07. The van der Waals surface area contributed by atoms with Crippen molar-refractivity contribution in [2.24, 2.45) is 0 Å². The van der Waals surface area contributed by atoms with Gasteiger partial charge >= 0.3 is 0 Å². The van der Waals surface area contributed by atoms with Gasteiger partial charge in [0.05, 0.1) is 4.90 Å². The van der Waals surface area contributed by atoms with Crippen LogP contribution in [0.3, 0.4) is 0 Å². The van der Waals surface area contributed by atoms with Gasteiger partial charge in [0.2, 0.25) is 21.1 Å². The van der Waals surface area contributed by atoms with Crippen molar-refractivity contribution in [2.45, 2.75) is 11.3 Å². The van der Waals surface area contributed by atoms with Crippen LogP contribution in [0.15, 0.2) is 71.8 Å². The highest BCUT2D eigenvalue weighted by atomic mass is 32.2. The largest absolute Gasteiger partial charge is 0.300 e. The van der Waals surface area contributed by atoms with Crippen molar-refractivity contribution in [2.75, 3.05) is 11.9 Å². The van der Waals surface area contributed by atoms with E-state index < -0.39 is 10.0 Å². The van der Waals surface area contributed by atoms with E-state index in [1.165, 1.54) is 11.3 Å². The Morgan fingerprint density at radius 3 is 2.57 bits per heavy atom. The van der Waals surface area contributed by atoms with E-state index in [-0.39, 0.29) is 23.8 Å². The minimum atomic E-state index is -3.72. The first-order valence-electron chi connectivity index (χ1n) is 9.04. The zero-order valence-corrected chi connectivity index (χ0v) is 17.3. The molecular formula is C20H17N5O3S2. The monoisotopic (exact) mass is 439 g/mol. The van der Waals surface area contributed by atoms with Gasteiger partial charge in [0.1, 0.15) is 5.69 Å². The van der Waals surface area contributed by atoms with Gasteiger partial charge in [0.25, 0.3) is 0 Å². The topological polar surface area (TPSA) is 114 Å². The third-order valence-electron chi connectivity index (χ3n) is 4.23. The van der Waals surface area contributed by atoms with Gasteiger partial charge in [0, 0.05) is 19.2 Å². The first-order chi connectivity index (χ1) is 14.5. The molecule has 4 aromatic rings. The van der Waals surface area contributed by atoms with Crippen LogP contribution in [0, 0.1) is 0 Å². The summed E-state index contributed by atoms with van der Waals surface area (Å²) in [5, 5.41) is 13.3. The number of hydrogen-bond donors (Lipinski definition) is 2. The van der Waals surface area contributed by atoms with E-state index in [1.54, 1.807) is 36.5 Å². The molecule has 0 atom stereocenters. The standard InChI is InChI=1S/C20H17N5O3S2/c26-18(23-20-25-24-19(29-20)17-7-3-4-11-21-17)10-12-22-30(27,28)16-9-8-14-5-1-2-6-15(14)13-16/h1-9,11,13,22H,10,12H2,(H,23,25,26). The van der Waals surface area contributed by atoms with Crippen LogP contribution in [0.25, 0.3) is 21.5 Å². The van der Waals surface area contributed by atoms with Crippen molar-refractivity contribution in [3.05, 3.63) is 66.9 Å². The van der Waals surface area contributed by atoms with Crippen LogP contribution < -0.4 is 10.0 Å². The number of rotatable bonds is 7. The smallest absolute Gasteiger partial charge is 0.240 e. The molecule has 0 fully saturated rings. The molecule has 8 nitrogen and oxygen atoms in total. The number of benzene rings is 2. The lowest BCUT2D eigenvalue weighted by Crippen LogP contribution is -2.27. The second kappa shape index (κ2) is 8.66. The van der Waals surface area contributed by atoms with E-state index in [4.69, 9.17) is 0 Å². The fourth-order valence-electron chi connectivity index (χ4n) is 2.77. The maximum atomic E-state index is 12.5. The summed E-state index contributed by atoms with van der Waals surface area (Å²) in [6.07, 6.45) is 1.61. The van der Waals surface area contributed by atoms with Gasteiger partial charge in [-0.2, -0.15) is 0 Å². The lowest BCUT2D eigenvalue weighted by atomic mass is 10.1. The zero-order chi connectivity index (χ0) is 21.0. The number of pyridine rings is 1. The number of amides is 1. The summed E-state index contributed by atoms with van der Waals surface area (Å²) in [6, 6.07) is 17.9. The number of carbonyl (C=O) groups is 1. The zero-order valence-electron chi connectivity index (χ0n) is 15.6. The Bertz CT molecular complexity index is 1290. The Hall–Kier alpha value is -3.21. The number of hydrogen-bond acceptors (Lipinski definition) is 7. The normalized spacial score (nSPS) is 11.5.